The highest BCUT2D eigenvalue weighted by molar-refractivity contribution is 4.75. The summed E-state index contributed by atoms with van der Waals surface area (Å²) >= 11 is 0. The minimum atomic E-state index is -4.50. The Bertz CT molecular complexity index is 184. The van der Waals surface area contributed by atoms with Gasteiger partial charge in [-0.25, -0.2) is 0 Å². The monoisotopic (exact) mass is 225 g/mol. The number of ether oxygens (including phenoxy) is 1. The van der Waals surface area contributed by atoms with E-state index < -0.39 is 6.36 Å². The van der Waals surface area contributed by atoms with Crippen molar-refractivity contribution in [1.82, 2.24) is 5.32 Å². The van der Waals surface area contributed by atoms with Crippen LogP contribution >= 0.6 is 0 Å². The van der Waals surface area contributed by atoms with Crippen LogP contribution in [0.1, 0.15) is 26.2 Å². The van der Waals surface area contributed by atoms with Crippen molar-refractivity contribution in [2.45, 2.75) is 32.5 Å². The second-order valence-electron chi connectivity index (χ2n) is 4.17. The number of halogens is 3. The van der Waals surface area contributed by atoms with Crippen molar-refractivity contribution in [3.8, 4) is 0 Å². The van der Waals surface area contributed by atoms with E-state index in [1.54, 1.807) is 0 Å². The van der Waals surface area contributed by atoms with Gasteiger partial charge in [0.1, 0.15) is 0 Å². The molecule has 2 unspecified atom stereocenters. The van der Waals surface area contributed by atoms with E-state index >= 15 is 0 Å². The van der Waals surface area contributed by atoms with Gasteiger partial charge in [-0.3, -0.25) is 4.74 Å². The van der Waals surface area contributed by atoms with Crippen LogP contribution in [0.25, 0.3) is 0 Å². The van der Waals surface area contributed by atoms with Crippen molar-refractivity contribution >= 4 is 0 Å². The molecular weight excluding hydrogens is 207 g/mol. The molecule has 1 fully saturated rings. The lowest BCUT2D eigenvalue weighted by atomic mass is 9.98. The Balaban J connectivity index is 1.97. The standard InChI is InChI=1S/C10H18F3NO/c1-8-3-2-4-9(8)7-14-5-6-15-10(11,12)13/h8-9,14H,2-7H2,1H3. The number of hydrogen-bond acceptors (Lipinski definition) is 2. The fourth-order valence-electron chi connectivity index (χ4n) is 2.05. The lowest BCUT2D eigenvalue weighted by Gasteiger charge is -2.16. The van der Waals surface area contributed by atoms with Crippen LogP contribution in [-0.4, -0.2) is 26.1 Å². The number of nitrogens with one attached hydrogen (secondary N) is 1. The maximum atomic E-state index is 11.6. The van der Waals surface area contributed by atoms with Gasteiger partial charge in [-0.15, -0.1) is 13.2 Å². The first-order valence-corrected chi connectivity index (χ1v) is 5.40. The second-order valence-corrected chi connectivity index (χ2v) is 4.17. The molecule has 0 heterocycles. The molecule has 1 rings (SSSR count). The Kier molecular flexibility index (Phi) is 4.86. The predicted octanol–water partition coefficient (Wildman–Crippen LogP) is 2.55. The minimum Gasteiger partial charge on any atom is -0.314 e. The Morgan fingerprint density at radius 3 is 2.60 bits per heavy atom. The van der Waals surface area contributed by atoms with Gasteiger partial charge in [0.2, 0.25) is 0 Å². The van der Waals surface area contributed by atoms with E-state index in [1.165, 1.54) is 19.3 Å². The summed E-state index contributed by atoms with van der Waals surface area (Å²) < 4.78 is 38.4. The van der Waals surface area contributed by atoms with E-state index in [1.807, 2.05) is 0 Å². The van der Waals surface area contributed by atoms with Crippen molar-refractivity contribution in [1.29, 1.82) is 0 Å². The van der Waals surface area contributed by atoms with Gasteiger partial charge in [0.25, 0.3) is 0 Å². The molecule has 1 aliphatic carbocycles. The van der Waals surface area contributed by atoms with Crippen LogP contribution in [0.2, 0.25) is 0 Å². The first kappa shape index (κ1) is 12.8. The zero-order valence-corrected chi connectivity index (χ0v) is 8.94. The van der Waals surface area contributed by atoms with Crippen molar-refractivity contribution in [3.63, 3.8) is 0 Å². The highest BCUT2D eigenvalue weighted by Crippen LogP contribution is 2.30. The fourth-order valence-corrected chi connectivity index (χ4v) is 2.05. The molecule has 0 aromatic heterocycles. The zero-order chi connectivity index (χ0) is 11.3. The summed E-state index contributed by atoms with van der Waals surface area (Å²) in [5.41, 5.74) is 0. The van der Waals surface area contributed by atoms with Gasteiger partial charge in [-0.2, -0.15) is 0 Å². The molecule has 0 amide bonds. The summed E-state index contributed by atoms with van der Waals surface area (Å²) in [5, 5.41) is 3.01. The summed E-state index contributed by atoms with van der Waals surface area (Å²) in [7, 11) is 0. The SMILES string of the molecule is CC1CCCC1CNCCOC(F)(F)F. The van der Waals surface area contributed by atoms with Gasteiger partial charge in [0.15, 0.2) is 0 Å². The predicted molar refractivity (Wildman–Crippen MR) is 51.4 cm³/mol. The van der Waals surface area contributed by atoms with Crippen LogP contribution in [0.5, 0.6) is 0 Å². The van der Waals surface area contributed by atoms with Gasteiger partial charge in [-0.05, 0) is 24.8 Å². The van der Waals surface area contributed by atoms with Crippen molar-refractivity contribution in [3.05, 3.63) is 0 Å². The summed E-state index contributed by atoms with van der Waals surface area (Å²) in [5.74, 6) is 1.32. The second kappa shape index (κ2) is 5.70. The Hall–Kier alpha value is -0.290. The van der Waals surface area contributed by atoms with Crippen LogP contribution in [0.4, 0.5) is 13.2 Å². The smallest absolute Gasteiger partial charge is 0.314 e. The molecule has 0 spiro atoms. The minimum absolute atomic E-state index is 0.267. The summed E-state index contributed by atoms with van der Waals surface area (Å²) in [6, 6.07) is 0. The number of alkyl halides is 3. The first-order valence-electron chi connectivity index (χ1n) is 5.40. The van der Waals surface area contributed by atoms with E-state index in [-0.39, 0.29) is 13.2 Å². The summed E-state index contributed by atoms with van der Waals surface area (Å²) in [6.45, 7) is 2.97. The maximum absolute atomic E-state index is 11.6. The molecule has 2 atom stereocenters. The van der Waals surface area contributed by atoms with Crippen LogP contribution < -0.4 is 5.32 Å². The molecular formula is C10H18F3NO. The zero-order valence-electron chi connectivity index (χ0n) is 8.94. The van der Waals surface area contributed by atoms with Gasteiger partial charge in [0, 0.05) is 6.54 Å². The number of hydrogen-bond donors (Lipinski definition) is 1. The molecule has 15 heavy (non-hydrogen) atoms. The van der Waals surface area contributed by atoms with Crippen molar-refractivity contribution in [2.24, 2.45) is 11.8 Å². The highest BCUT2D eigenvalue weighted by atomic mass is 19.4. The lowest BCUT2D eigenvalue weighted by molar-refractivity contribution is -0.323. The molecule has 0 saturated heterocycles. The Morgan fingerprint density at radius 1 is 1.33 bits per heavy atom. The van der Waals surface area contributed by atoms with Crippen molar-refractivity contribution < 1.29 is 17.9 Å². The Morgan fingerprint density at radius 2 is 2.07 bits per heavy atom. The van der Waals surface area contributed by atoms with Crippen molar-refractivity contribution in [2.75, 3.05) is 19.7 Å². The van der Waals surface area contributed by atoms with Crippen LogP contribution in [-0.2, 0) is 4.74 Å². The van der Waals surface area contributed by atoms with Gasteiger partial charge in [-0.1, -0.05) is 19.8 Å². The largest absolute Gasteiger partial charge is 0.522 e. The molecule has 0 radical (unpaired) electrons. The highest BCUT2D eigenvalue weighted by Gasteiger charge is 2.28. The van der Waals surface area contributed by atoms with E-state index in [2.05, 4.69) is 17.0 Å². The van der Waals surface area contributed by atoms with Crippen LogP contribution in [0.15, 0.2) is 0 Å². The van der Waals surface area contributed by atoms with E-state index in [0.717, 1.165) is 6.54 Å². The molecule has 2 nitrogen and oxygen atoms in total. The van der Waals surface area contributed by atoms with Gasteiger partial charge in [0.05, 0.1) is 6.61 Å². The topological polar surface area (TPSA) is 21.3 Å². The molecule has 5 heteroatoms. The third-order valence-corrected chi connectivity index (χ3v) is 2.99. The third-order valence-electron chi connectivity index (χ3n) is 2.99. The molecule has 1 aliphatic rings. The van der Waals surface area contributed by atoms with Gasteiger partial charge < -0.3 is 5.32 Å². The summed E-state index contributed by atoms with van der Waals surface area (Å²) in [4.78, 5) is 0. The van der Waals surface area contributed by atoms with Crippen LogP contribution in [0.3, 0.4) is 0 Å². The van der Waals surface area contributed by atoms with Gasteiger partial charge >= 0.3 is 6.36 Å². The maximum Gasteiger partial charge on any atom is 0.522 e. The molecule has 0 aliphatic heterocycles. The molecule has 0 aromatic carbocycles. The quantitative estimate of drug-likeness (QED) is 0.726. The van der Waals surface area contributed by atoms with Crippen LogP contribution in [0, 0.1) is 11.8 Å². The Labute approximate surface area is 88.2 Å². The normalized spacial score (nSPS) is 27.2. The summed E-state index contributed by atoms with van der Waals surface area (Å²) in [6.07, 6.45) is -0.825. The third kappa shape index (κ3) is 5.37. The average Bonchev–Trinajstić information content (AvgIpc) is 2.49. The van der Waals surface area contributed by atoms with E-state index in [9.17, 15) is 13.2 Å². The fraction of sp³-hybridized carbons (Fsp3) is 1.00. The first-order chi connectivity index (χ1) is 6.99. The molecule has 0 bridgehead atoms. The molecule has 1 N–H and O–H groups in total. The van der Waals surface area contributed by atoms with E-state index in [0.29, 0.717) is 11.8 Å². The van der Waals surface area contributed by atoms with E-state index in [4.69, 9.17) is 0 Å². The average molecular weight is 225 g/mol. The molecule has 1 saturated carbocycles. The number of rotatable bonds is 5. The lowest BCUT2D eigenvalue weighted by Crippen LogP contribution is -2.29. The molecule has 90 valence electrons. The molecule has 0 aromatic rings.